The molecule has 0 aliphatic carbocycles. The monoisotopic (exact) mass is 416 g/mol. The number of thiazole rings is 1. The normalized spacial score (nSPS) is 10.9. The molecule has 1 amide bonds. The predicted molar refractivity (Wildman–Crippen MR) is 121 cm³/mol. The van der Waals surface area contributed by atoms with Crippen LogP contribution in [0.5, 0.6) is 0 Å². The van der Waals surface area contributed by atoms with E-state index >= 15 is 0 Å². The van der Waals surface area contributed by atoms with Gasteiger partial charge in [0.05, 0.1) is 12.2 Å². The lowest BCUT2D eigenvalue weighted by atomic mass is 10.1. The fourth-order valence-corrected chi connectivity index (χ4v) is 4.53. The number of benzene rings is 2. The lowest BCUT2D eigenvalue weighted by molar-refractivity contribution is 0.0954. The number of hydrogen-bond donors (Lipinski definition) is 1. The van der Waals surface area contributed by atoms with Crippen molar-refractivity contribution in [2.45, 2.75) is 33.9 Å². The molecule has 0 aliphatic heterocycles. The average Bonchev–Trinajstić information content (AvgIpc) is 3.36. The third kappa shape index (κ3) is 4.49. The second kappa shape index (κ2) is 8.63. The van der Waals surface area contributed by atoms with Gasteiger partial charge in [0.25, 0.3) is 5.91 Å². The van der Waals surface area contributed by atoms with Gasteiger partial charge < -0.3 is 5.32 Å². The van der Waals surface area contributed by atoms with Crippen LogP contribution in [0.1, 0.15) is 37.6 Å². The van der Waals surface area contributed by atoms with E-state index in [9.17, 15) is 4.79 Å². The minimum absolute atomic E-state index is 0.0847. The fraction of sp³-hybridized carbons (Fsp3) is 0.208. The van der Waals surface area contributed by atoms with Crippen LogP contribution in [0.15, 0.2) is 60.9 Å². The SMILES string of the molecule is Cc1ccc(-c2nc(C)c(C(=O)NCc3cccc(Cn4cccn4)c3)s2)c(C)c1. The van der Waals surface area contributed by atoms with Crippen molar-refractivity contribution in [3.8, 4) is 10.6 Å². The summed E-state index contributed by atoms with van der Waals surface area (Å²) in [4.78, 5) is 18.1. The van der Waals surface area contributed by atoms with Crippen molar-refractivity contribution < 1.29 is 4.79 Å². The molecule has 0 saturated heterocycles. The van der Waals surface area contributed by atoms with E-state index < -0.39 is 0 Å². The number of amides is 1. The number of carbonyl (C=O) groups excluding carboxylic acids is 1. The quantitative estimate of drug-likeness (QED) is 0.486. The van der Waals surface area contributed by atoms with E-state index in [0.717, 1.165) is 27.4 Å². The molecule has 0 spiro atoms. The van der Waals surface area contributed by atoms with E-state index in [2.05, 4.69) is 59.6 Å². The summed E-state index contributed by atoms with van der Waals surface area (Å²) < 4.78 is 1.88. The topological polar surface area (TPSA) is 59.8 Å². The van der Waals surface area contributed by atoms with Crippen molar-refractivity contribution in [1.29, 1.82) is 0 Å². The molecule has 6 heteroatoms. The number of hydrogen-bond acceptors (Lipinski definition) is 4. The van der Waals surface area contributed by atoms with Gasteiger partial charge in [-0.3, -0.25) is 9.48 Å². The molecule has 5 nitrogen and oxygen atoms in total. The average molecular weight is 417 g/mol. The summed E-state index contributed by atoms with van der Waals surface area (Å²) in [5, 5.41) is 8.17. The van der Waals surface area contributed by atoms with Crippen molar-refractivity contribution in [3.63, 3.8) is 0 Å². The van der Waals surface area contributed by atoms with E-state index in [4.69, 9.17) is 0 Å². The van der Waals surface area contributed by atoms with Crippen molar-refractivity contribution in [1.82, 2.24) is 20.1 Å². The van der Waals surface area contributed by atoms with Gasteiger partial charge in [-0.2, -0.15) is 5.10 Å². The van der Waals surface area contributed by atoms with Crippen LogP contribution in [0, 0.1) is 20.8 Å². The molecule has 152 valence electrons. The largest absolute Gasteiger partial charge is 0.347 e. The number of carbonyl (C=O) groups is 1. The third-order valence-electron chi connectivity index (χ3n) is 4.96. The maximum atomic E-state index is 12.8. The Morgan fingerprint density at radius 1 is 1.07 bits per heavy atom. The molecule has 0 bridgehead atoms. The van der Waals surface area contributed by atoms with Crippen LogP contribution in [-0.2, 0) is 13.1 Å². The summed E-state index contributed by atoms with van der Waals surface area (Å²) in [6.07, 6.45) is 3.71. The minimum Gasteiger partial charge on any atom is -0.347 e. The summed E-state index contributed by atoms with van der Waals surface area (Å²) in [5.41, 5.74) is 6.45. The summed E-state index contributed by atoms with van der Waals surface area (Å²) in [6, 6.07) is 16.4. The first kappa shape index (κ1) is 20.0. The number of aryl methyl sites for hydroxylation is 3. The smallest absolute Gasteiger partial charge is 0.263 e. The molecule has 2 heterocycles. The molecule has 4 aromatic rings. The van der Waals surface area contributed by atoms with Gasteiger partial charge in [-0.25, -0.2) is 4.98 Å². The van der Waals surface area contributed by atoms with Gasteiger partial charge in [0, 0.05) is 24.5 Å². The van der Waals surface area contributed by atoms with E-state index in [1.54, 1.807) is 6.20 Å². The van der Waals surface area contributed by atoms with Crippen LogP contribution in [0.2, 0.25) is 0 Å². The first-order chi connectivity index (χ1) is 14.5. The minimum atomic E-state index is -0.0847. The first-order valence-corrected chi connectivity index (χ1v) is 10.7. The van der Waals surface area contributed by atoms with Crippen LogP contribution in [0.4, 0.5) is 0 Å². The Balaban J connectivity index is 1.45. The van der Waals surface area contributed by atoms with Crippen LogP contribution < -0.4 is 5.32 Å². The maximum Gasteiger partial charge on any atom is 0.263 e. The summed E-state index contributed by atoms with van der Waals surface area (Å²) in [5.74, 6) is -0.0847. The van der Waals surface area contributed by atoms with Crippen molar-refractivity contribution in [3.05, 3.63) is 93.7 Å². The van der Waals surface area contributed by atoms with E-state index in [0.29, 0.717) is 18.0 Å². The van der Waals surface area contributed by atoms with Crippen molar-refractivity contribution in [2.24, 2.45) is 0 Å². The number of nitrogens with one attached hydrogen (secondary N) is 1. The summed E-state index contributed by atoms with van der Waals surface area (Å²) >= 11 is 1.45. The Morgan fingerprint density at radius 3 is 2.67 bits per heavy atom. The Morgan fingerprint density at radius 2 is 1.90 bits per heavy atom. The second-order valence-electron chi connectivity index (χ2n) is 7.46. The number of nitrogens with zero attached hydrogens (tertiary/aromatic N) is 3. The van der Waals surface area contributed by atoms with E-state index in [1.807, 2.05) is 36.0 Å². The highest BCUT2D eigenvalue weighted by atomic mass is 32.1. The molecule has 2 aromatic heterocycles. The Bertz CT molecular complexity index is 1180. The molecule has 0 radical (unpaired) electrons. The Hall–Kier alpha value is -3.25. The maximum absolute atomic E-state index is 12.8. The highest BCUT2D eigenvalue weighted by Crippen LogP contribution is 2.30. The molecule has 4 rings (SSSR count). The molecule has 0 aliphatic rings. The van der Waals surface area contributed by atoms with Gasteiger partial charge in [0.2, 0.25) is 0 Å². The molecule has 0 saturated carbocycles. The second-order valence-corrected chi connectivity index (χ2v) is 8.46. The van der Waals surface area contributed by atoms with E-state index in [1.165, 1.54) is 22.5 Å². The zero-order valence-electron chi connectivity index (χ0n) is 17.3. The lowest BCUT2D eigenvalue weighted by Crippen LogP contribution is -2.22. The van der Waals surface area contributed by atoms with Gasteiger partial charge >= 0.3 is 0 Å². The van der Waals surface area contributed by atoms with Crippen LogP contribution in [0.25, 0.3) is 10.6 Å². The summed E-state index contributed by atoms with van der Waals surface area (Å²) in [6.45, 7) is 7.23. The molecular weight excluding hydrogens is 392 g/mol. The van der Waals surface area contributed by atoms with Crippen LogP contribution in [0.3, 0.4) is 0 Å². The molecule has 0 unspecified atom stereocenters. The Labute approximate surface area is 180 Å². The third-order valence-corrected chi connectivity index (χ3v) is 6.15. The zero-order chi connectivity index (χ0) is 21.1. The van der Waals surface area contributed by atoms with Crippen LogP contribution in [-0.4, -0.2) is 20.7 Å². The van der Waals surface area contributed by atoms with Gasteiger partial charge in [-0.15, -0.1) is 11.3 Å². The number of rotatable bonds is 6. The molecule has 0 atom stereocenters. The highest BCUT2D eigenvalue weighted by Gasteiger charge is 2.17. The fourth-order valence-electron chi connectivity index (χ4n) is 3.46. The van der Waals surface area contributed by atoms with Crippen LogP contribution >= 0.6 is 11.3 Å². The van der Waals surface area contributed by atoms with Gasteiger partial charge in [0.15, 0.2) is 0 Å². The standard InChI is InChI=1S/C24H24N4OS/c1-16-8-9-21(17(2)12-16)24-27-18(3)22(30-24)23(29)25-14-19-6-4-7-20(13-19)15-28-11-5-10-26-28/h4-13H,14-15H2,1-3H3,(H,25,29). The zero-order valence-corrected chi connectivity index (χ0v) is 18.2. The lowest BCUT2D eigenvalue weighted by Gasteiger charge is -2.07. The van der Waals surface area contributed by atoms with Gasteiger partial charge in [-0.05, 0) is 43.5 Å². The molecule has 2 aromatic carbocycles. The highest BCUT2D eigenvalue weighted by molar-refractivity contribution is 7.17. The Kier molecular flexibility index (Phi) is 5.77. The van der Waals surface area contributed by atoms with Gasteiger partial charge in [0.1, 0.15) is 9.88 Å². The first-order valence-electron chi connectivity index (χ1n) is 9.88. The molecule has 1 N–H and O–H groups in total. The van der Waals surface area contributed by atoms with E-state index in [-0.39, 0.29) is 5.91 Å². The summed E-state index contributed by atoms with van der Waals surface area (Å²) in [7, 11) is 0. The van der Waals surface area contributed by atoms with Gasteiger partial charge in [-0.1, -0.05) is 48.0 Å². The molecular formula is C24H24N4OS. The van der Waals surface area contributed by atoms with Crippen molar-refractivity contribution >= 4 is 17.2 Å². The van der Waals surface area contributed by atoms with Crippen molar-refractivity contribution in [2.75, 3.05) is 0 Å². The molecule has 30 heavy (non-hydrogen) atoms. The molecule has 0 fully saturated rings. The predicted octanol–water partition coefficient (Wildman–Crippen LogP) is 4.91. The number of aromatic nitrogens is 3.